The third-order valence-corrected chi connectivity index (χ3v) is 3.75. The summed E-state index contributed by atoms with van der Waals surface area (Å²) < 4.78 is 3.80. The van der Waals surface area contributed by atoms with Gasteiger partial charge in [-0.1, -0.05) is 0 Å². The van der Waals surface area contributed by atoms with Crippen LogP contribution in [0.4, 0.5) is 0 Å². The monoisotopic (exact) mass is 404 g/mol. The number of thiocarbonyl (C=S) groups is 2. The van der Waals surface area contributed by atoms with Crippen LogP contribution in [0.1, 0.15) is 27.1 Å². The molecule has 0 unspecified atom stereocenters. The Balaban J connectivity index is 1.95. The van der Waals surface area contributed by atoms with Crippen LogP contribution in [0.5, 0.6) is 0 Å². The van der Waals surface area contributed by atoms with Gasteiger partial charge in [0.1, 0.15) is 11.1 Å². The van der Waals surface area contributed by atoms with Gasteiger partial charge in [-0.15, -0.1) is 0 Å². The van der Waals surface area contributed by atoms with Crippen LogP contribution >= 0.6 is 24.4 Å². The lowest BCUT2D eigenvalue weighted by atomic mass is 10.2. The molecular formula is C17H20N6O2S2+2. The molecule has 10 heteroatoms. The van der Waals surface area contributed by atoms with Gasteiger partial charge in [0.2, 0.25) is 0 Å². The highest BCUT2D eigenvalue weighted by Crippen LogP contribution is 1.96. The Morgan fingerprint density at radius 1 is 0.852 bits per heavy atom. The predicted octanol–water partition coefficient (Wildman–Crippen LogP) is -0.701. The number of carbonyl (C=O) groups excluding carboxylic acids is 2. The third kappa shape index (κ3) is 6.68. The van der Waals surface area contributed by atoms with Crippen LogP contribution in [-0.4, -0.2) is 22.0 Å². The second-order valence-corrected chi connectivity index (χ2v) is 6.53. The second kappa shape index (κ2) is 9.64. The van der Waals surface area contributed by atoms with E-state index in [1.807, 2.05) is 21.5 Å². The molecule has 8 nitrogen and oxygen atoms in total. The van der Waals surface area contributed by atoms with Crippen molar-refractivity contribution in [3.05, 3.63) is 60.2 Å². The highest BCUT2D eigenvalue weighted by molar-refractivity contribution is 7.80. The molecule has 0 saturated carbocycles. The molecule has 0 saturated heterocycles. The van der Waals surface area contributed by atoms with Crippen molar-refractivity contribution in [2.24, 2.45) is 11.5 Å². The van der Waals surface area contributed by atoms with E-state index in [2.05, 4.69) is 35.1 Å². The highest BCUT2D eigenvalue weighted by atomic mass is 32.1. The summed E-state index contributed by atoms with van der Waals surface area (Å²) in [6, 6.07) is 6.93. The number of nitrogens with one attached hydrogen (secondary N) is 2. The molecule has 2 aromatic rings. The Morgan fingerprint density at radius 2 is 1.26 bits per heavy atom. The zero-order valence-electron chi connectivity index (χ0n) is 14.4. The van der Waals surface area contributed by atoms with Crippen molar-refractivity contribution >= 4 is 46.5 Å². The minimum absolute atomic E-state index is 0.0638. The van der Waals surface area contributed by atoms with E-state index in [-0.39, 0.29) is 22.0 Å². The molecule has 2 heterocycles. The van der Waals surface area contributed by atoms with Gasteiger partial charge in [-0.25, -0.2) is 9.13 Å². The van der Waals surface area contributed by atoms with Crippen molar-refractivity contribution in [3.63, 3.8) is 0 Å². The van der Waals surface area contributed by atoms with E-state index in [1.165, 1.54) is 0 Å². The van der Waals surface area contributed by atoms with Crippen LogP contribution in [0.3, 0.4) is 0 Å². The average molecular weight is 405 g/mol. The molecule has 0 aliphatic heterocycles. The molecule has 2 rings (SSSR count). The Bertz CT molecular complexity index is 816. The van der Waals surface area contributed by atoms with Gasteiger partial charge < -0.3 is 11.5 Å². The van der Waals surface area contributed by atoms with Gasteiger partial charge in [0.05, 0.1) is 6.42 Å². The first-order valence-corrected chi connectivity index (χ1v) is 8.86. The maximum atomic E-state index is 11.9. The van der Waals surface area contributed by atoms with Gasteiger partial charge in [-0.2, -0.15) is 0 Å². The van der Waals surface area contributed by atoms with Gasteiger partial charge in [0.15, 0.2) is 48.1 Å². The number of carbonyl (C=O) groups is 2. The van der Waals surface area contributed by atoms with E-state index in [9.17, 15) is 9.59 Å². The van der Waals surface area contributed by atoms with Crippen molar-refractivity contribution in [2.45, 2.75) is 19.5 Å². The highest BCUT2D eigenvalue weighted by Gasteiger charge is 2.13. The molecule has 0 aromatic carbocycles. The van der Waals surface area contributed by atoms with Crippen LogP contribution < -0.4 is 31.2 Å². The lowest BCUT2D eigenvalue weighted by molar-refractivity contribution is -0.727. The van der Waals surface area contributed by atoms with E-state index in [1.54, 1.807) is 36.7 Å². The molecular weight excluding hydrogens is 384 g/mol. The molecule has 2 amide bonds. The fraction of sp³-hybridized carbons (Fsp3) is 0.176. The van der Waals surface area contributed by atoms with Gasteiger partial charge in [0, 0.05) is 12.1 Å². The molecule has 0 radical (unpaired) electrons. The average Bonchev–Trinajstić information content (AvgIpc) is 2.61. The SMILES string of the molecule is NC(=S)NC(=O)c1ccc[n+](CCC[n+]2cccc(C(=O)NC(N)=S)c2)c1. The summed E-state index contributed by atoms with van der Waals surface area (Å²) in [5.74, 6) is -0.689. The number of aromatic nitrogens is 2. The summed E-state index contributed by atoms with van der Waals surface area (Å²) in [5.41, 5.74) is 11.6. The topological polar surface area (TPSA) is 118 Å². The number of rotatable bonds is 6. The van der Waals surface area contributed by atoms with Gasteiger partial charge >= 0.3 is 0 Å². The number of nitrogens with zero attached hydrogens (tertiary/aromatic N) is 2. The Hall–Kier alpha value is -2.98. The van der Waals surface area contributed by atoms with Crippen molar-refractivity contribution in [2.75, 3.05) is 0 Å². The number of aryl methyl sites for hydroxylation is 2. The van der Waals surface area contributed by atoms with Crippen LogP contribution in [0.2, 0.25) is 0 Å². The fourth-order valence-corrected chi connectivity index (χ4v) is 2.58. The zero-order valence-corrected chi connectivity index (χ0v) is 16.1. The van der Waals surface area contributed by atoms with E-state index in [0.717, 1.165) is 6.42 Å². The number of hydrogen-bond donors (Lipinski definition) is 4. The molecule has 140 valence electrons. The van der Waals surface area contributed by atoms with E-state index in [0.29, 0.717) is 24.2 Å². The molecule has 2 aromatic heterocycles. The van der Waals surface area contributed by atoms with Crippen molar-refractivity contribution < 1.29 is 18.7 Å². The summed E-state index contributed by atoms with van der Waals surface area (Å²) in [6.45, 7) is 1.37. The van der Waals surface area contributed by atoms with E-state index < -0.39 is 0 Å². The third-order valence-electron chi connectivity index (χ3n) is 3.55. The summed E-state index contributed by atoms with van der Waals surface area (Å²) >= 11 is 9.35. The molecule has 27 heavy (non-hydrogen) atoms. The minimum Gasteiger partial charge on any atom is -0.376 e. The molecule has 0 aliphatic carbocycles. The number of hydrogen-bond acceptors (Lipinski definition) is 4. The van der Waals surface area contributed by atoms with Crippen LogP contribution in [0.25, 0.3) is 0 Å². The first-order chi connectivity index (χ1) is 12.8. The van der Waals surface area contributed by atoms with E-state index in [4.69, 9.17) is 11.5 Å². The summed E-state index contributed by atoms with van der Waals surface area (Å²) in [7, 11) is 0. The first kappa shape index (κ1) is 20.3. The normalized spacial score (nSPS) is 10.1. The summed E-state index contributed by atoms with van der Waals surface area (Å²) in [4.78, 5) is 23.9. The van der Waals surface area contributed by atoms with Crippen molar-refractivity contribution in [1.82, 2.24) is 10.6 Å². The number of nitrogens with two attached hydrogens (primary N) is 2. The lowest BCUT2D eigenvalue weighted by Gasteiger charge is -2.03. The van der Waals surface area contributed by atoms with E-state index >= 15 is 0 Å². The molecule has 0 fully saturated rings. The van der Waals surface area contributed by atoms with Crippen LogP contribution in [-0.2, 0) is 13.1 Å². The molecule has 0 spiro atoms. The molecule has 6 N–H and O–H groups in total. The zero-order chi connectivity index (χ0) is 19.8. The lowest BCUT2D eigenvalue weighted by Crippen LogP contribution is -2.41. The molecule has 0 aliphatic rings. The largest absolute Gasteiger partial charge is 0.376 e. The Labute approximate surface area is 167 Å². The van der Waals surface area contributed by atoms with Crippen molar-refractivity contribution in [1.29, 1.82) is 0 Å². The number of pyridine rings is 2. The first-order valence-electron chi connectivity index (χ1n) is 8.05. The smallest absolute Gasteiger partial charge is 0.263 e. The van der Waals surface area contributed by atoms with Gasteiger partial charge in [-0.05, 0) is 36.6 Å². The minimum atomic E-state index is -0.345. The van der Waals surface area contributed by atoms with Crippen LogP contribution in [0.15, 0.2) is 49.1 Å². The Kier molecular flexibility index (Phi) is 7.26. The van der Waals surface area contributed by atoms with Crippen molar-refractivity contribution in [3.8, 4) is 0 Å². The van der Waals surface area contributed by atoms with Gasteiger partial charge in [0.25, 0.3) is 11.8 Å². The Morgan fingerprint density at radius 3 is 1.63 bits per heavy atom. The maximum Gasteiger partial charge on any atom is 0.263 e. The summed E-state index contributed by atoms with van der Waals surface area (Å²) in [6.07, 6.45) is 7.98. The fourth-order valence-electron chi connectivity index (χ4n) is 2.39. The second-order valence-electron chi connectivity index (χ2n) is 5.65. The molecule has 0 bridgehead atoms. The summed E-state index contributed by atoms with van der Waals surface area (Å²) in [5, 5.41) is 4.66. The van der Waals surface area contributed by atoms with Gasteiger partial charge in [-0.3, -0.25) is 20.2 Å². The van der Waals surface area contributed by atoms with Crippen LogP contribution in [0, 0.1) is 0 Å². The quantitative estimate of drug-likeness (QED) is 0.374. The predicted molar refractivity (Wildman–Crippen MR) is 106 cm³/mol. The standard InChI is InChI=1S/C17H18N6O2S2/c18-16(26)20-14(24)12-4-1-6-22(10-12)8-3-9-23-7-2-5-13(11-23)15(25)21-17(19)27/h1-2,4-7,10-11H,3,8-9H2,(H4-2,18,19,20,21,24,25,26,27)/p+2. The molecule has 0 atom stereocenters. The number of amides is 2. The maximum absolute atomic E-state index is 11.9.